The highest BCUT2D eigenvalue weighted by atomic mass is 32.2. The number of aliphatic carboxylic acids is 1. The molecule has 14 heavy (non-hydrogen) atoms. The molecule has 0 aliphatic heterocycles. The summed E-state index contributed by atoms with van der Waals surface area (Å²) in [5, 5.41) is 11.1. The number of hydrogen-bond donors (Lipinski definition) is 2. The SMILES string of the molecule is CSCc1ccc(CNCC(=O)O)o1. The van der Waals surface area contributed by atoms with Crippen molar-refractivity contribution >= 4 is 17.7 Å². The van der Waals surface area contributed by atoms with Gasteiger partial charge >= 0.3 is 5.97 Å². The zero-order valence-corrected chi connectivity index (χ0v) is 8.76. The molecule has 0 atom stereocenters. The molecule has 78 valence electrons. The molecule has 0 saturated carbocycles. The second-order valence-electron chi connectivity index (χ2n) is 2.80. The van der Waals surface area contributed by atoms with Crippen LogP contribution in [-0.4, -0.2) is 23.9 Å². The molecule has 0 aromatic carbocycles. The first kappa shape index (κ1) is 11.1. The lowest BCUT2D eigenvalue weighted by atomic mass is 10.4. The number of carboxylic acid groups (broad SMARTS) is 1. The van der Waals surface area contributed by atoms with E-state index in [1.165, 1.54) is 0 Å². The molecule has 1 aromatic heterocycles. The smallest absolute Gasteiger partial charge is 0.317 e. The van der Waals surface area contributed by atoms with Crippen LogP contribution in [-0.2, 0) is 17.1 Å². The van der Waals surface area contributed by atoms with Crippen LogP contribution in [0.1, 0.15) is 11.5 Å². The summed E-state index contributed by atoms with van der Waals surface area (Å²) in [6.45, 7) is 0.416. The highest BCUT2D eigenvalue weighted by Crippen LogP contribution is 2.12. The minimum Gasteiger partial charge on any atom is -0.480 e. The predicted octanol–water partition coefficient (Wildman–Crippen LogP) is 1.32. The first-order chi connectivity index (χ1) is 6.72. The van der Waals surface area contributed by atoms with Crippen LogP contribution in [0.25, 0.3) is 0 Å². The summed E-state index contributed by atoms with van der Waals surface area (Å²) in [6.07, 6.45) is 2.00. The maximum absolute atomic E-state index is 10.2. The van der Waals surface area contributed by atoms with Gasteiger partial charge in [0, 0.05) is 0 Å². The van der Waals surface area contributed by atoms with Crippen molar-refractivity contribution in [2.24, 2.45) is 0 Å². The summed E-state index contributed by atoms with van der Waals surface area (Å²) in [5.74, 6) is 1.68. The third kappa shape index (κ3) is 3.85. The molecule has 0 aliphatic rings. The maximum Gasteiger partial charge on any atom is 0.317 e. The van der Waals surface area contributed by atoms with E-state index in [4.69, 9.17) is 9.52 Å². The van der Waals surface area contributed by atoms with Crippen molar-refractivity contribution in [3.05, 3.63) is 23.7 Å². The number of rotatable bonds is 6. The number of hydrogen-bond acceptors (Lipinski definition) is 4. The molecule has 0 radical (unpaired) electrons. The fourth-order valence-electron chi connectivity index (χ4n) is 1.03. The van der Waals surface area contributed by atoms with E-state index in [1.54, 1.807) is 11.8 Å². The fraction of sp³-hybridized carbons (Fsp3) is 0.444. The average molecular weight is 215 g/mol. The minimum absolute atomic E-state index is 0.0431. The highest BCUT2D eigenvalue weighted by Gasteiger charge is 2.02. The lowest BCUT2D eigenvalue weighted by Gasteiger charge is -1.97. The Morgan fingerprint density at radius 3 is 2.93 bits per heavy atom. The number of furan rings is 1. The van der Waals surface area contributed by atoms with Gasteiger partial charge in [0.05, 0.1) is 18.8 Å². The summed E-state index contributed by atoms with van der Waals surface area (Å²) >= 11 is 1.69. The van der Waals surface area contributed by atoms with Gasteiger partial charge in [0.15, 0.2) is 0 Å². The van der Waals surface area contributed by atoms with Gasteiger partial charge in [-0.05, 0) is 18.4 Å². The molecule has 5 heteroatoms. The summed E-state index contributed by atoms with van der Waals surface area (Å²) in [7, 11) is 0. The number of carboxylic acids is 1. The monoisotopic (exact) mass is 215 g/mol. The standard InChI is InChI=1S/C9H13NO3S/c1-14-6-8-3-2-7(13-8)4-10-5-9(11)12/h2-3,10H,4-6H2,1H3,(H,11,12). The Morgan fingerprint density at radius 1 is 1.57 bits per heavy atom. The first-order valence-electron chi connectivity index (χ1n) is 4.21. The summed E-state index contributed by atoms with van der Waals surface area (Å²) in [5.41, 5.74) is 0. The molecule has 2 N–H and O–H groups in total. The second kappa shape index (κ2) is 5.72. The van der Waals surface area contributed by atoms with Crippen molar-refractivity contribution in [1.29, 1.82) is 0 Å². The third-order valence-corrected chi connectivity index (χ3v) is 2.15. The second-order valence-corrected chi connectivity index (χ2v) is 3.66. The predicted molar refractivity (Wildman–Crippen MR) is 55.3 cm³/mol. The van der Waals surface area contributed by atoms with Gasteiger partial charge in [0.2, 0.25) is 0 Å². The van der Waals surface area contributed by atoms with Gasteiger partial charge in [-0.25, -0.2) is 0 Å². The van der Waals surface area contributed by atoms with Crippen molar-refractivity contribution < 1.29 is 14.3 Å². The van der Waals surface area contributed by atoms with Crippen molar-refractivity contribution in [3.8, 4) is 0 Å². The fourth-order valence-corrected chi connectivity index (χ4v) is 1.47. The van der Waals surface area contributed by atoms with Crippen LogP contribution in [0.2, 0.25) is 0 Å². The van der Waals surface area contributed by atoms with Crippen molar-refractivity contribution in [3.63, 3.8) is 0 Å². The van der Waals surface area contributed by atoms with Gasteiger partial charge in [-0.3, -0.25) is 10.1 Å². The van der Waals surface area contributed by atoms with Gasteiger partial charge in [-0.15, -0.1) is 0 Å². The lowest BCUT2D eigenvalue weighted by Crippen LogP contribution is -2.21. The first-order valence-corrected chi connectivity index (χ1v) is 5.61. The molecule has 1 rings (SSSR count). The normalized spacial score (nSPS) is 10.4. The zero-order chi connectivity index (χ0) is 10.4. The Kier molecular flexibility index (Phi) is 4.55. The van der Waals surface area contributed by atoms with Crippen molar-refractivity contribution in [2.75, 3.05) is 12.8 Å². The molecule has 0 unspecified atom stereocenters. The highest BCUT2D eigenvalue weighted by molar-refractivity contribution is 7.97. The van der Waals surface area contributed by atoms with Gasteiger partial charge in [-0.2, -0.15) is 11.8 Å². The van der Waals surface area contributed by atoms with Crippen molar-refractivity contribution in [1.82, 2.24) is 5.32 Å². The molecule has 1 heterocycles. The quantitative estimate of drug-likeness (QED) is 0.749. The summed E-state index contributed by atoms with van der Waals surface area (Å²) < 4.78 is 5.43. The van der Waals surface area contributed by atoms with Crippen molar-refractivity contribution in [2.45, 2.75) is 12.3 Å². The van der Waals surface area contributed by atoms with E-state index in [9.17, 15) is 4.79 Å². The van der Waals surface area contributed by atoms with E-state index < -0.39 is 5.97 Å². The molecule has 0 bridgehead atoms. The van der Waals surface area contributed by atoms with E-state index in [-0.39, 0.29) is 6.54 Å². The summed E-state index contributed by atoms with van der Waals surface area (Å²) in [6, 6.07) is 3.77. The van der Waals surface area contributed by atoms with Crippen LogP contribution in [0, 0.1) is 0 Å². The minimum atomic E-state index is -0.860. The number of nitrogens with one attached hydrogen (secondary N) is 1. The molecular weight excluding hydrogens is 202 g/mol. The Bertz CT molecular complexity index is 298. The van der Waals surface area contributed by atoms with E-state index in [1.807, 2.05) is 18.4 Å². The molecule has 0 aliphatic carbocycles. The number of carbonyl (C=O) groups is 1. The third-order valence-electron chi connectivity index (χ3n) is 1.58. The molecule has 0 spiro atoms. The van der Waals surface area contributed by atoms with Gasteiger partial charge in [0.1, 0.15) is 11.5 Å². The maximum atomic E-state index is 10.2. The molecule has 4 nitrogen and oxygen atoms in total. The lowest BCUT2D eigenvalue weighted by molar-refractivity contribution is -0.136. The molecule has 0 saturated heterocycles. The van der Waals surface area contributed by atoms with E-state index in [2.05, 4.69) is 5.32 Å². The molecular formula is C9H13NO3S. The Balaban J connectivity index is 2.32. The van der Waals surface area contributed by atoms with Crippen LogP contribution in [0.4, 0.5) is 0 Å². The van der Waals surface area contributed by atoms with Crippen LogP contribution < -0.4 is 5.32 Å². The zero-order valence-electron chi connectivity index (χ0n) is 7.95. The number of thioether (sulfide) groups is 1. The molecule has 0 amide bonds. The van der Waals surface area contributed by atoms with Gasteiger partial charge in [-0.1, -0.05) is 0 Å². The Hall–Kier alpha value is -0.940. The molecule has 0 fully saturated rings. The van der Waals surface area contributed by atoms with E-state index >= 15 is 0 Å². The van der Waals surface area contributed by atoms with Crippen LogP contribution >= 0.6 is 11.8 Å². The van der Waals surface area contributed by atoms with E-state index in [0.717, 1.165) is 17.3 Å². The Morgan fingerprint density at radius 2 is 2.29 bits per heavy atom. The molecule has 1 aromatic rings. The average Bonchev–Trinajstić information content (AvgIpc) is 2.53. The topological polar surface area (TPSA) is 62.5 Å². The van der Waals surface area contributed by atoms with Gasteiger partial charge < -0.3 is 9.52 Å². The van der Waals surface area contributed by atoms with Crippen LogP contribution in [0.5, 0.6) is 0 Å². The van der Waals surface area contributed by atoms with Crippen LogP contribution in [0.15, 0.2) is 16.5 Å². The van der Waals surface area contributed by atoms with E-state index in [0.29, 0.717) is 6.54 Å². The van der Waals surface area contributed by atoms with Gasteiger partial charge in [0.25, 0.3) is 0 Å². The Labute approximate surface area is 86.7 Å². The largest absolute Gasteiger partial charge is 0.480 e. The van der Waals surface area contributed by atoms with Crippen LogP contribution in [0.3, 0.4) is 0 Å². The summed E-state index contributed by atoms with van der Waals surface area (Å²) in [4.78, 5) is 10.2.